The predicted octanol–water partition coefficient (Wildman–Crippen LogP) is 3.17. The fourth-order valence-corrected chi connectivity index (χ4v) is 4.31. The summed E-state index contributed by atoms with van der Waals surface area (Å²) in [7, 11) is 0. The van der Waals surface area contributed by atoms with Crippen molar-refractivity contribution in [2.24, 2.45) is 5.41 Å². The Hall–Kier alpha value is -0.0800. The Kier molecular flexibility index (Phi) is 3.68. The number of fused-ring (bicyclic) bond motifs is 1. The van der Waals surface area contributed by atoms with Crippen molar-refractivity contribution in [1.29, 1.82) is 0 Å². The Morgan fingerprint density at radius 2 is 1.72 bits per heavy atom. The maximum atomic E-state index is 4.01. The molecular formula is C16H30N2. The molecular weight excluding hydrogens is 220 g/mol. The van der Waals surface area contributed by atoms with Crippen molar-refractivity contribution >= 4 is 0 Å². The van der Waals surface area contributed by atoms with E-state index in [0.717, 1.165) is 18.1 Å². The lowest BCUT2D eigenvalue weighted by atomic mass is 9.75. The summed E-state index contributed by atoms with van der Waals surface area (Å²) in [6.07, 6.45) is 11.3. The van der Waals surface area contributed by atoms with Gasteiger partial charge in [-0.05, 0) is 56.9 Å². The highest BCUT2D eigenvalue weighted by molar-refractivity contribution is 4.96. The molecule has 2 heterocycles. The lowest BCUT2D eigenvalue weighted by molar-refractivity contribution is 0.158. The lowest BCUT2D eigenvalue weighted by Crippen LogP contribution is -2.49. The van der Waals surface area contributed by atoms with Crippen LogP contribution in [0.25, 0.3) is 0 Å². The van der Waals surface area contributed by atoms with E-state index in [1.807, 2.05) is 0 Å². The van der Waals surface area contributed by atoms with E-state index in [0.29, 0.717) is 5.41 Å². The molecule has 1 aliphatic carbocycles. The number of nitrogens with zero attached hydrogens (tertiary/aromatic N) is 1. The highest BCUT2D eigenvalue weighted by atomic mass is 15.2. The van der Waals surface area contributed by atoms with E-state index in [2.05, 4.69) is 24.1 Å². The molecule has 0 aromatic rings. The van der Waals surface area contributed by atoms with Crippen LogP contribution in [0.15, 0.2) is 0 Å². The van der Waals surface area contributed by atoms with E-state index in [1.54, 1.807) is 0 Å². The van der Waals surface area contributed by atoms with E-state index in [1.165, 1.54) is 64.5 Å². The molecule has 2 nitrogen and oxygen atoms in total. The molecule has 18 heavy (non-hydrogen) atoms. The molecule has 1 N–H and O–H groups in total. The van der Waals surface area contributed by atoms with Crippen molar-refractivity contribution in [1.82, 2.24) is 10.2 Å². The quantitative estimate of drug-likeness (QED) is 0.810. The molecule has 0 amide bonds. The number of nitrogens with one attached hydrogen (secondary N) is 1. The smallest absolute Gasteiger partial charge is 0.0249 e. The van der Waals surface area contributed by atoms with Crippen LogP contribution in [0.1, 0.15) is 65.2 Å². The van der Waals surface area contributed by atoms with Gasteiger partial charge in [-0.3, -0.25) is 4.90 Å². The zero-order valence-electron chi connectivity index (χ0n) is 12.3. The summed E-state index contributed by atoms with van der Waals surface area (Å²) < 4.78 is 0. The van der Waals surface area contributed by atoms with Crippen LogP contribution in [0, 0.1) is 5.41 Å². The van der Waals surface area contributed by atoms with Crippen LogP contribution in [-0.4, -0.2) is 36.1 Å². The summed E-state index contributed by atoms with van der Waals surface area (Å²) in [5.74, 6) is 0. The second-order valence-corrected chi connectivity index (χ2v) is 7.60. The lowest BCUT2D eigenvalue weighted by Gasteiger charge is -2.38. The summed E-state index contributed by atoms with van der Waals surface area (Å²) in [5, 5.41) is 4.01. The van der Waals surface area contributed by atoms with Gasteiger partial charge in [-0.2, -0.15) is 0 Å². The van der Waals surface area contributed by atoms with E-state index in [9.17, 15) is 0 Å². The SMILES string of the molecule is CC1(C)CCC(NC2CCN3CCCCC23)CC1. The molecule has 0 radical (unpaired) electrons. The molecule has 3 rings (SSSR count). The van der Waals surface area contributed by atoms with Crippen LogP contribution < -0.4 is 5.32 Å². The molecule has 0 bridgehead atoms. The minimum absolute atomic E-state index is 0.602. The highest BCUT2D eigenvalue weighted by Gasteiger charge is 2.37. The zero-order chi connectivity index (χ0) is 12.6. The van der Waals surface area contributed by atoms with Gasteiger partial charge < -0.3 is 5.32 Å². The third kappa shape index (κ3) is 2.75. The van der Waals surface area contributed by atoms with Gasteiger partial charge >= 0.3 is 0 Å². The molecule has 2 aliphatic heterocycles. The fourth-order valence-electron chi connectivity index (χ4n) is 4.31. The van der Waals surface area contributed by atoms with Crippen molar-refractivity contribution in [3.63, 3.8) is 0 Å². The van der Waals surface area contributed by atoms with Crippen LogP contribution >= 0.6 is 0 Å². The first kappa shape index (κ1) is 12.9. The maximum absolute atomic E-state index is 4.01. The average molecular weight is 250 g/mol. The normalized spacial score (nSPS) is 37.7. The van der Waals surface area contributed by atoms with Crippen molar-refractivity contribution in [2.45, 2.75) is 83.3 Å². The Morgan fingerprint density at radius 1 is 0.944 bits per heavy atom. The summed E-state index contributed by atoms with van der Waals surface area (Å²) in [6.45, 7) is 7.57. The van der Waals surface area contributed by atoms with E-state index >= 15 is 0 Å². The standard InChI is InChI=1S/C16H30N2/c1-16(2)9-6-13(7-10-16)17-14-8-12-18-11-4-3-5-15(14)18/h13-15,17H,3-12H2,1-2H3. The summed E-state index contributed by atoms with van der Waals surface area (Å²) in [6, 6.07) is 2.48. The van der Waals surface area contributed by atoms with Gasteiger partial charge in [0.2, 0.25) is 0 Å². The van der Waals surface area contributed by atoms with Crippen LogP contribution in [0.2, 0.25) is 0 Å². The summed E-state index contributed by atoms with van der Waals surface area (Å²) in [5.41, 5.74) is 0.602. The summed E-state index contributed by atoms with van der Waals surface area (Å²) in [4.78, 5) is 2.74. The van der Waals surface area contributed by atoms with Crippen LogP contribution in [0.5, 0.6) is 0 Å². The average Bonchev–Trinajstić information content (AvgIpc) is 2.76. The molecule has 0 aromatic carbocycles. The predicted molar refractivity (Wildman–Crippen MR) is 76.8 cm³/mol. The molecule has 1 saturated carbocycles. The second kappa shape index (κ2) is 5.13. The van der Waals surface area contributed by atoms with Gasteiger partial charge in [-0.25, -0.2) is 0 Å². The maximum Gasteiger partial charge on any atom is 0.0249 e. The molecule has 2 heteroatoms. The van der Waals surface area contributed by atoms with E-state index in [4.69, 9.17) is 0 Å². The first-order valence-corrected chi connectivity index (χ1v) is 8.14. The third-order valence-corrected chi connectivity index (χ3v) is 5.64. The zero-order valence-corrected chi connectivity index (χ0v) is 12.3. The van der Waals surface area contributed by atoms with E-state index in [-0.39, 0.29) is 0 Å². The monoisotopic (exact) mass is 250 g/mol. The highest BCUT2D eigenvalue weighted by Crippen LogP contribution is 2.36. The van der Waals surface area contributed by atoms with Crippen molar-refractivity contribution in [3.05, 3.63) is 0 Å². The fraction of sp³-hybridized carbons (Fsp3) is 1.00. The van der Waals surface area contributed by atoms with Crippen molar-refractivity contribution < 1.29 is 0 Å². The largest absolute Gasteiger partial charge is 0.310 e. The Labute approximate surface area is 113 Å². The van der Waals surface area contributed by atoms with Gasteiger partial charge in [0.1, 0.15) is 0 Å². The number of piperidine rings is 1. The van der Waals surface area contributed by atoms with Crippen LogP contribution in [0.4, 0.5) is 0 Å². The second-order valence-electron chi connectivity index (χ2n) is 7.60. The molecule has 2 saturated heterocycles. The minimum Gasteiger partial charge on any atom is -0.310 e. The Bertz CT molecular complexity index is 277. The van der Waals surface area contributed by atoms with Gasteiger partial charge in [0.25, 0.3) is 0 Å². The number of hydrogen-bond acceptors (Lipinski definition) is 2. The number of hydrogen-bond donors (Lipinski definition) is 1. The first-order chi connectivity index (χ1) is 8.64. The van der Waals surface area contributed by atoms with Gasteiger partial charge in [-0.15, -0.1) is 0 Å². The van der Waals surface area contributed by atoms with Crippen LogP contribution in [0.3, 0.4) is 0 Å². The molecule has 3 aliphatic rings. The topological polar surface area (TPSA) is 15.3 Å². The first-order valence-electron chi connectivity index (χ1n) is 8.14. The van der Waals surface area contributed by atoms with Crippen molar-refractivity contribution in [3.8, 4) is 0 Å². The molecule has 104 valence electrons. The van der Waals surface area contributed by atoms with Crippen molar-refractivity contribution in [2.75, 3.05) is 13.1 Å². The van der Waals surface area contributed by atoms with Crippen LogP contribution in [-0.2, 0) is 0 Å². The molecule has 2 atom stereocenters. The van der Waals surface area contributed by atoms with Gasteiger partial charge in [0.15, 0.2) is 0 Å². The summed E-state index contributed by atoms with van der Waals surface area (Å²) >= 11 is 0. The third-order valence-electron chi connectivity index (χ3n) is 5.64. The molecule has 3 fully saturated rings. The number of rotatable bonds is 2. The van der Waals surface area contributed by atoms with Gasteiger partial charge in [0, 0.05) is 24.7 Å². The molecule has 2 unspecified atom stereocenters. The molecule has 0 aromatic heterocycles. The minimum atomic E-state index is 0.602. The molecule has 0 spiro atoms. The van der Waals surface area contributed by atoms with Gasteiger partial charge in [0.05, 0.1) is 0 Å². The van der Waals surface area contributed by atoms with Gasteiger partial charge in [-0.1, -0.05) is 20.3 Å². The Balaban J connectivity index is 1.51. The Morgan fingerprint density at radius 3 is 2.50 bits per heavy atom. The van der Waals surface area contributed by atoms with E-state index < -0.39 is 0 Å².